The van der Waals surface area contributed by atoms with E-state index in [-0.39, 0.29) is 0 Å². The molecule has 4 nitrogen and oxygen atoms in total. The second-order valence-electron chi connectivity index (χ2n) is 6.15. The van der Waals surface area contributed by atoms with Gasteiger partial charge in [-0.3, -0.25) is 0 Å². The molecule has 1 fully saturated rings. The summed E-state index contributed by atoms with van der Waals surface area (Å²) in [7, 11) is 0. The van der Waals surface area contributed by atoms with Gasteiger partial charge in [0.2, 0.25) is 0 Å². The molecular formula is C14H20N4. The van der Waals surface area contributed by atoms with Crippen molar-refractivity contribution in [3.05, 3.63) is 17.8 Å². The Kier molecular flexibility index (Phi) is 2.73. The highest BCUT2D eigenvalue weighted by Gasteiger charge is 2.64. The SMILES string of the molecule is CC1(C)C(CNc2ncc(C#N)cc2N)C1(C)C. The van der Waals surface area contributed by atoms with Crippen LogP contribution in [0, 0.1) is 28.1 Å². The van der Waals surface area contributed by atoms with Gasteiger partial charge in [-0.25, -0.2) is 4.98 Å². The van der Waals surface area contributed by atoms with Crippen LogP contribution in [0.3, 0.4) is 0 Å². The molecule has 96 valence electrons. The van der Waals surface area contributed by atoms with E-state index in [1.54, 1.807) is 12.3 Å². The lowest BCUT2D eigenvalue weighted by Crippen LogP contribution is -2.11. The highest BCUT2D eigenvalue weighted by atomic mass is 15.0. The number of nitrogens with two attached hydrogens (primary N) is 1. The molecular weight excluding hydrogens is 224 g/mol. The Morgan fingerprint density at radius 1 is 1.39 bits per heavy atom. The van der Waals surface area contributed by atoms with Crippen LogP contribution in [0.4, 0.5) is 11.5 Å². The van der Waals surface area contributed by atoms with Gasteiger partial charge in [-0.15, -0.1) is 0 Å². The van der Waals surface area contributed by atoms with Gasteiger partial charge in [0.15, 0.2) is 0 Å². The standard InChI is InChI=1S/C14H20N4/c1-13(2)11(14(13,3)4)8-18-12-10(16)5-9(6-15)7-17-12/h5,7,11H,8,16H2,1-4H3,(H,17,18). The van der Waals surface area contributed by atoms with Crippen LogP contribution in [0.1, 0.15) is 33.3 Å². The molecule has 0 amide bonds. The molecule has 1 aliphatic rings. The van der Waals surface area contributed by atoms with E-state index in [1.807, 2.05) is 6.07 Å². The van der Waals surface area contributed by atoms with Gasteiger partial charge >= 0.3 is 0 Å². The van der Waals surface area contributed by atoms with Crippen molar-refractivity contribution in [3.63, 3.8) is 0 Å². The Morgan fingerprint density at radius 3 is 2.44 bits per heavy atom. The number of aromatic nitrogens is 1. The summed E-state index contributed by atoms with van der Waals surface area (Å²) in [6.45, 7) is 10.0. The number of hydrogen-bond acceptors (Lipinski definition) is 4. The Bertz CT molecular complexity index is 497. The van der Waals surface area contributed by atoms with Gasteiger partial charge < -0.3 is 11.1 Å². The molecule has 2 rings (SSSR count). The summed E-state index contributed by atoms with van der Waals surface area (Å²) >= 11 is 0. The van der Waals surface area contributed by atoms with Crippen LogP contribution >= 0.6 is 0 Å². The topological polar surface area (TPSA) is 74.7 Å². The molecule has 0 radical (unpaired) electrons. The minimum atomic E-state index is 0.349. The summed E-state index contributed by atoms with van der Waals surface area (Å²) in [5.41, 5.74) is 7.58. The summed E-state index contributed by atoms with van der Waals surface area (Å²) in [6, 6.07) is 3.68. The monoisotopic (exact) mass is 244 g/mol. The lowest BCUT2D eigenvalue weighted by molar-refractivity contribution is 0.457. The average molecular weight is 244 g/mol. The molecule has 0 aromatic carbocycles. The van der Waals surface area contributed by atoms with E-state index in [0.29, 0.717) is 33.8 Å². The lowest BCUT2D eigenvalue weighted by atomic mass is 10.0. The fourth-order valence-electron chi connectivity index (χ4n) is 2.73. The quantitative estimate of drug-likeness (QED) is 0.857. The fourth-order valence-corrected chi connectivity index (χ4v) is 2.73. The first-order valence-electron chi connectivity index (χ1n) is 6.20. The van der Waals surface area contributed by atoms with Gasteiger partial charge in [-0.2, -0.15) is 5.26 Å². The minimum absolute atomic E-state index is 0.349. The maximum Gasteiger partial charge on any atom is 0.149 e. The number of rotatable bonds is 3. The molecule has 18 heavy (non-hydrogen) atoms. The van der Waals surface area contributed by atoms with Gasteiger partial charge in [-0.1, -0.05) is 27.7 Å². The zero-order chi connectivity index (χ0) is 13.6. The summed E-state index contributed by atoms with van der Waals surface area (Å²) in [5, 5.41) is 12.0. The van der Waals surface area contributed by atoms with E-state index >= 15 is 0 Å². The minimum Gasteiger partial charge on any atom is -0.396 e. The highest BCUT2D eigenvalue weighted by Crippen LogP contribution is 2.68. The molecule has 1 aliphatic carbocycles. The maximum atomic E-state index is 8.75. The molecule has 0 aliphatic heterocycles. The van der Waals surface area contributed by atoms with E-state index in [1.165, 1.54) is 0 Å². The molecule has 1 aromatic rings. The second-order valence-corrected chi connectivity index (χ2v) is 6.15. The summed E-state index contributed by atoms with van der Waals surface area (Å²) in [5.74, 6) is 1.29. The van der Waals surface area contributed by atoms with Gasteiger partial charge in [-0.05, 0) is 22.8 Å². The van der Waals surface area contributed by atoms with Crippen molar-refractivity contribution in [2.45, 2.75) is 27.7 Å². The van der Waals surface area contributed by atoms with Gasteiger partial charge in [0.1, 0.15) is 11.9 Å². The van der Waals surface area contributed by atoms with Crippen LogP contribution in [0.25, 0.3) is 0 Å². The van der Waals surface area contributed by atoms with Crippen LogP contribution < -0.4 is 11.1 Å². The molecule has 0 saturated heterocycles. The number of nitrogen functional groups attached to an aromatic ring is 1. The molecule has 1 saturated carbocycles. The van der Waals surface area contributed by atoms with Crippen molar-refractivity contribution in [2.75, 3.05) is 17.6 Å². The summed E-state index contributed by atoms with van der Waals surface area (Å²) < 4.78 is 0. The molecule has 0 unspecified atom stereocenters. The molecule has 1 aromatic heterocycles. The number of hydrogen-bond donors (Lipinski definition) is 2. The number of anilines is 2. The van der Waals surface area contributed by atoms with Gasteiger partial charge in [0, 0.05) is 12.7 Å². The Morgan fingerprint density at radius 2 is 2.00 bits per heavy atom. The zero-order valence-electron chi connectivity index (χ0n) is 11.4. The normalized spacial score (nSPS) is 20.2. The predicted octanol–water partition coefficient (Wildman–Crippen LogP) is 2.63. The highest BCUT2D eigenvalue weighted by molar-refractivity contribution is 5.63. The van der Waals surface area contributed by atoms with Gasteiger partial charge in [0.25, 0.3) is 0 Å². The molecule has 4 heteroatoms. The Hall–Kier alpha value is -1.76. The number of nitriles is 1. The average Bonchev–Trinajstić information content (AvgIpc) is 2.68. The van der Waals surface area contributed by atoms with Crippen LogP contribution in [0.5, 0.6) is 0 Å². The number of pyridine rings is 1. The smallest absolute Gasteiger partial charge is 0.149 e. The largest absolute Gasteiger partial charge is 0.396 e. The molecule has 0 spiro atoms. The van der Waals surface area contributed by atoms with Crippen LogP contribution in [0.2, 0.25) is 0 Å². The lowest BCUT2D eigenvalue weighted by Gasteiger charge is -2.09. The van der Waals surface area contributed by atoms with E-state index in [9.17, 15) is 0 Å². The fraction of sp³-hybridized carbons (Fsp3) is 0.571. The third kappa shape index (κ3) is 1.80. The molecule has 1 heterocycles. The first-order valence-corrected chi connectivity index (χ1v) is 6.20. The Balaban J connectivity index is 2.03. The van der Waals surface area contributed by atoms with E-state index < -0.39 is 0 Å². The summed E-state index contributed by atoms with van der Waals surface area (Å²) in [4.78, 5) is 4.19. The Labute approximate surface area is 108 Å². The van der Waals surface area contributed by atoms with E-state index in [4.69, 9.17) is 11.0 Å². The van der Waals surface area contributed by atoms with Crippen molar-refractivity contribution in [2.24, 2.45) is 16.7 Å². The third-order valence-electron chi connectivity index (χ3n) is 4.84. The number of nitrogens with zero attached hydrogens (tertiary/aromatic N) is 2. The molecule has 3 N–H and O–H groups in total. The van der Waals surface area contributed by atoms with Crippen LogP contribution in [0.15, 0.2) is 12.3 Å². The van der Waals surface area contributed by atoms with Crippen LogP contribution in [-0.4, -0.2) is 11.5 Å². The van der Waals surface area contributed by atoms with Gasteiger partial charge in [0.05, 0.1) is 11.3 Å². The van der Waals surface area contributed by atoms with Crippen molar-refractivity contribution >= 4 is 11.5 Å². The predicted molar refractivity (Wildman–Crippen MR) is 72.9 cm³/mol. The van der Waals surface area contributed by atoms with E-state index in [2.05, 4.69) is 38.0 Å². The second kappa shape index (κ2) is 3.88. The van der Waals surface area contributed by atoms with Crippen molar-refractivity contribution in [1.29, 1.82) is 5.26 Å². The van der Waals surface area contributed by atoms with E-state index in [0.717, 1.165) is 6.54 Å². The molecule has 0 atom stereocenters. The first kappa shape index (κ1) is 12.7. The van der Waals surface area contributed by atoms with Crippen molar-refractivity contribution < 1.29 is 0 Å². The molecule has 0 bridgehead atoms. The van der Waals surface area contributed by atoms with Crippen molar-refractivity contribution in [3.8, 4) is 6.07 Å². The van der Waals surface area contributed by atoms with Crippen LogP contribution in [-0.2, 0) is 0 Å². The van der Waals surface area contributed by atoms with Crippen molar-refractivity contribution in [1.82, 2.24) is 4.98 Å². The first-order chi connectivity index (χ1) is 8.30. The zero-order valence-corrected chi connectivity index (χ0v) is 11.4. The third-order valence-corrected chi connectivity index (χ3v) is 4.84. The number of nitrogens with one attached hydrogen (secondary N) is 1. The summed E-state index contributed by atoms with van der Waals surface area (Å²) in [6.07, 6.45) is 1.54. The maximum absolute atomic E-state index is 8.75.